The van der Waals surface area contributed by atoms with Gasteiger partial charge in [-0.05, 0) is 90.3 Å². The second-order valence-corrected chi connectivity index (χ2v) is 22.3. The molecule has 0 spiro atoms. The second kappa shape index (κ2) is 21.0. The number of Topliss-reactive ketones (excluding diaryl/α,β-unsaturated/α-hetero) is 1. The van der Waals surface area contributed by atoms with E-state index in [9.17, 15) is 69.9 Å². The molecule has 5 aromatic carbocycles. The maximum absolute atomic E-state index is 14.8. The molecule has 2 aromatic heterocycles. The lowest BCUT2D eigenvalue weighted by molar-refractivity contribution is -0.159. The number of aromatic nitrogens is 1. The third-order valence-electron chi connectivity index (χ3n) is 14.5. The third-order valence-corrected chi connectivity index (χ3v) is 16.0. The van der Waals surface area contributed by atoms with Crippen LogP contribution in [0, 0.1) is 12.8 Å². The molecule has 4 heterocycles. The van der Waals surface area contributed by atoms with Crippen LogP contribution < -0.4 is 10.7 Å². The number of aromatic hydroxyl groups is 8. The molecule has 2 aliphatic heterocycles. The highest BCUT2D eigenvalue weighted by Gasteiger charge is 2.64. The molecule has 2 amide bonds. The number of allylic oxidation sites excluding steroid dienone is 4. The van der Waals surface area contributed by atoms with Crippen LogP contribution in [0.4, 0.5) is 0 Å². The summed E-state index contributed by atoms with van der Waals surface area (Å²) in [4.78, 5) is 66.8. The Hall–Kier alpha value is -9.17. The summed E-state index contributed by atoms with van der Waals surface area (Å²) < 4.78 is 10.4. The van der Waals surface area contributed by atoms with Crippen LogP contribution in [0.1, 0.15) is 96.0 Å². The number of ketones is 1. The van der Waals surface area contributed by atoms with Crippen molar-refractivity contribution < 1.29 is 74.1 Å². The molecule has 2 saturated heterocycles. The number of aryl methyl sites for hydroxylation is 1. The fourth-order valence-electron chi connectivity index (χ4n) is 10.8. The fraction of sp³-hybridized carbons (Fsp3) is 0.254. The summed E-state index contributed by atoms with van der Waals surface area (Å²) in [5, 5.41) is 102. The number of nitrogens with zero attached hydrogens (tertiary/aromatic N) is 2. The largest absolute Gasteiger partial charge is 0.508 e. The number of thioether (sulfide) groups is 1. The van der Waals surface area contributed by atoms with Crippen LogP contribution in [0.2, 0.25) is 0 Å². The SMILES string of the molecule is CC(C)=CCc1c(O)ccc(C(=O)[C@H]2[C@@H](c3c(O)cc4oc(-c5ccc(O)cc5O)cc(=O)c4c3O)C=C(C)C[C@@H]2c2ccc(O)cc2O)c1O.Cc1onc(-c2ccccc2)c1C(=O)N[C@@H]1C(=O)N2[C@@H]1SC(C)(C)[C@@H]2C(=O)O. The molecular formula is C59H55N3O16S. The van der Waals surface area contributed by atoms with Crippen molar-refractivity contribution in [2.45, 2.75) is 88.4 Å². The molecule has 0 bridgehead atoms. The highest BCUT2D eigenvalue weighted by atomic mass is 32.2. The number of β-lactam (4-membered cyclic amide) rings is 1. The van der Waals surface area contributed by atoms with Gasteiger partial charge in [0.2, 0.25) is 5.91 Å². The molecule has 10 rings (SSSR count). The number of fused-ring (bicyclic) bond motifs is 2. The molecule has 6 atom stereocenters. The van der Waals surface area contributed by atoms with E-state index in [-0.39, 0.29) is 97.6 Å². The maximum atomic E-state index is 14.8. The Morgan fingerprint density at radius 2 is 1.51 bits per heavy atom. The molecular weight excluding hydrogens is 1040 g/mol. The van der Waals surface area contributed by atoms with E-state index in [2.05, 4.69) is 10.5 Å². The van der Waals surface area contributed by atoms with Crippen LogP contribution >= 0.6 is 11.8 Å². The molecule has 10 N–H and O–H groups in total. The first-order valence-corrected chi connectivity index (χ1v) is 25.8. The summed E-state index contributed by atoms with van der Waals surface area (Å²) in [5.74, 6) is -8.45. The number of phenolic OH excluding ortho intramolecular Hbond substituents is 8. The van der Waals surface area contributed by atoms with E-state index in [0.29, 0.717) is 17.0 Å². The minimum atomic E-state index is -1.22. The molecule has 0 radical (unpaired) electrons. The predicted molar refractivity (Wildman–Crippen MR) is 291 cm³/mol. The molecule has 20 heteroatoms. The van der Waals surface area contributed by atoms with Crippen LogP contribution in [0.5, 0.6) is 46.0 Å². The molecule has 7 aromatic rings. The van der Waals surface area contributed by atoms with Crippen molar-refractivity contribution in [2.24, 2.45) is 5.92 Å². The molecule has 0 saturated carbocycles. The molecule has 0 unspecified atom stereocenters. The van der Waals surface area contributed by atoms with Crippen molar-refractivity contribution in [2.75, 3.05) is 0 Å². The summed E-state index contributed by atoms with van der Waals surface area (Å²) >= 11 is 1.38. The highest BCUT2D eigenvalue weighted by molar-refractivity contribution is 8.01. The Morgan fingerprint density at radius 1 is 0.823 bits per heavy atom. The zero-order valence-corrected chi connectivity index (χ0v) is 44.2. The summed E-state index contributed by atoms with van der Waals surface area (Å²) in [7, 11) is 0. The van der Waals surface area contributed by atoms with Gasteiger partial charge in [0.1, 0.15) is 97.2 Å². The van der Waals surface area contributed by atoms with Crippen molar-refractivity contribution in [1.29, 1.82) is 0 Å². The van der Waals surface area contributed by atoms with Crippen molar-refractivity contribution in [3.05, 3.63) is 158 Å². The van der Waals surface area contributed by atoms with Crippen molar-refractivity contribution in [3.8, 4) is 68.6 Å². The van der Waals surface area contributed by atoms with Crippen molar-refractivity contribution >= 4 is 46.3 Å². The Bertz CT molecular complexity index is 3760. The minimum absolute atomic E-state index is 0.0700. The van der Waals surface area contributed by atoms with E-state index in [0.717, 1.165) is 35.4 Å². The number of benzene rings is 5. The average molecular weight is 1090 g/mol. The number of carbonyl (C=O) groups excluding carboxylic acids is 3. The quantitative estimate of drug-likeness (QED) is 0.0328. The number of hydrogen-bond donors (Lipinski definition) is 10. The Morgan fingerprint density at radius 3 is 2.16 bits per heavy atom. The molecule has 79 heavy (non-hydrogen) atoms. The highest BCUT2D eigenvalue weighted by Crippen LogP contribution is 2.55. The monoisotopic (exact) mass is 1090 g/mol. The average Bonchev–Trinajstić information content (AvgIpc) is 4.01. The van der Waals surface area contributed by atoms with E-state index in [4.69, 9.17) is 8.94 Å². The van der Waals surface area contributed by atoms with Crippen molar-refractivity contribution in [1.82, 2.24) is 15.4 Å². The topological polar surface area (TPSA) is 322 Å². The van der Waals surface area contributed by atoms with E-state index in [1.165, 1.54) is 53.1 Å². The summed E-state index contributed by atoms with van der Waals surface area (Å²) in [6.07, 6.45) is 3.80. The Balaban J connectivity index is 0.000000227. The van der Waals surface area contributed by atoms with Gasteiger partial charge in [0, 0.05) is 63.5 Å². The van der Waals surface area contributed by atoms with Gasteiger partial charge in [0.25, 0.3) is 5.91 Å². The van der Waals surface area contributed by atoms with Crippen LogP contribution in [0.15, 0.2) is 128 Å². The fourth-order valence-corrected chi connectivity index (χ4v) is 12.4. The van der Waals surface area contributed by atoms with Gasteiger partial charge in [-0.1, -0.05) is 64.9 Å². The summed E-state index contributed by atoms with van der Waals surface area (Å²) in [5.41, 5.74) is 2.22. The molecule has 19 nitrogen and oxygen atoms in total. The zero-order valence-electron chi connectivity index (χ0n) is 43.4. The van der Waals surface area contributed by atoms with Gasteiger partial charge in [0.05, 0.1) is 11.1 Å². The molecule has 3 aliphatic rings. The Kier molecular flexibility index (Phi) is 14.5. The lowest BCUT2D eigenvalue weighted by Crippen LogP contribution is -2.70. The van der Waals surface area contributed by atoms with Gasteiger partial charge < -0.3 is 65.1 Å². The number of nitrogens with one attached hydrogen (secondary N) is 1. The van der Waals surface area contributed by atoms with Crippen LogP contribution in [-0.2, 0) is 16.0 Å². The number of amides is 2. The maximum Gasteiger partial charge on any atom is 0.327 e. The standard InChI is InChI=1S/C40H36O11.C19H19N3O5S/c1-18(2)4-7-24-28(43)11-10-25(38(24)48)39(49)35-26(22-8-5-20(41)14-29(22)44)12-19(3)13-27(35)36-31(46)17-34-37(40(36)50)32(47)16-33(51-34)23-9-6-21(42)15-30(23)45;1-9-11(12(21-27-9)10-7-5-4-6-8-10)15(23)20-13-16(24)22-14(18(25)26)19(2,3)28-17(13)22/h4-6,8-11,13-17,26-27,35,41-46,48,50H,7,12H2,1-3H3;4-8,13-14,17H,1-3H3,(H,20,23)(H,25,26)/t26-,27+,35-;13-,14+,17-/m11/s1. The second-order valence-electron chi connectivity index (χ2n) is 20.5. The van der Waals surface area contributed by atoms with Gasteiger partial charge in [-0.3, -0.25) is 19.2 Å². The molecule has 1 aliphatic carbocycles. The smallest absolute Gasteiger partial charge is 0.327 e. The van der Waals surface area contributed by atoms with E-state index >= 15 is 0 Å². The number of aliphatic carboxylic acids is 1. The van der Waals surface area contributed by atoms with Crippen LogP contribution in [-0.4, -0.2) is 102 Å². The lowest BCUT2D eigenvalue weighted by Gasteiger charge is -2.43. The van der Waals surface area contributed by atoms with Crippen LogP contribution in [0.25, 0.3) is 33.6 Å². The zero-order chi connectivity index (χ0) is 57.1. The first-order chi connectivity index (χ1) is 37.4. The number of phenols is 8. The first-order valence-electron chi connectivity index (χ1n) is 24.9. The number of rotatable bonds is 11. The van der Waals surface area contributed by atoms with Gasteiger partial charge in [-0.2, -0.15) is 0 Å². The Labute approximate surface area is 455 Å². The minimum Gasteiger partial charge on any atom is -0.508 e. The lowest BCUT2D eigenvalue weighted by atomic mass is 9.65. The van der Waals surface area contributed by atoms with E-state index in [1.807, 2.05) is 44.2 Å². The third kappa shape index (κ3) is 10.1. The van der Waals surface area contributed by atoms with Crippen LogP contribution in [0.3, 0.4) is 0 Å². The first kappa shape index (κ1) is 54.6. The van der Waals surface area contributed by atoms with Gasteiger partial charge in [-0.25, -0.2) is 4.79 Å². The summed E-state index contributed by atoms with van der Waals surface area (Å²) in [6.45, 7) is 10.7. The van der Waals surface area contributed by atoms with Gasteiger partial charge in [-0.15, -0.1) is 11.8 Å². The van der Waals surface area contributed by atoms with Crippen molar-refractivity contribution in [3.63, 3.8) is 0 Å². The number of carboxylic acid groups (broad SMARTS) is 1. The predicted octanol–water partition coefficient (Wildman–Crippen LogP) is 9.23. The summed E-state index contributed by atoms with van der Waals surface area (Å²) in [6, 6.07) is 19.8. The van der Waals surface area contributed by atoms with Gasteiger partial charge in [0.15, 0.2) is 11.2 Å². The number of carboxylic acids is 1. The number of carbonyl (C=O) groups is 4. The number of hydrogen-bond acceptors (Lipinski definition) is 17. The van der Waals surface area contributed by atoms with E-state index < -0.39 is 80.3 Å². The van der Waals surface area contributed by atoms with Gasteiger partial charge >= 0.3 is 5.97 Å². The molecule has 408 valence electrons. The molecule has 2 fully saturated rings. The normalized spacial score (nSPS) is 20.1. The van der Waals surface area contributed by atoms with E-state index in [1.54, 1.807) is 39.8 Å².